The summed E-state index contributed by atoms with van der Waals surface area (Å²) in [7, 11) is 0. The second kappa shape index (κ2) is 10.4. The predicted molar refractivity (Wildman–Crippen MR) is 125 cm³/mol. The van der Waals surface area contributed by atoms with Gasteiger partial charge in [0.15, 0.2) is 5.96 Å². The summed E-state index contributed by atoms with van der Waals surface area (Å²) < 4.78 is 18.9. The van der Waals surface area contributed by atoms with Crippen molar-refractivity contribution in [3.05, 3.63) is 35.6 Å². The molecule has 29 heavy (non-hydrogen) atoms. The number of nitrogens with zero attached hydrogens (tertiary/aromatic N) is 2. The summed E-state index contributed by atoms with van der Waals surface area (Å²) in [6.45, 7) is 7.90. The molecule has 162 valence electrons. The summed E-state index contributed by atoms with van der Waals surface area (Å²) in [6, 6.07) is 7.07. The summed E-state index contributed by atoms with van der Waals surface area (Å²) in [5, 5.41) is 6.95. The summed E-state index contributed by atoms with van der Waals surface area (Å²) >= 11 is 0. The van der Waals surface area contributed by atoms with Crippen molar-refractivity contribution in [1.82, 2.24) is 15.5 Å². The molecule has 0 aromatic heterocycles. The van der Waals surface area contributed by atoms with Crippen molar-refractivity contribution in [3.8, 4) is 0 Å². The first-order chi connectivity index (χ1) is 13.7. The first-order valence-electron chi connectivity index (χ1n) is 10.8. The Morgan fingerprint density at radius 2 is 1.90 bits per heavy atom. The Morgan fingerprint density at radius 3 is 2.48 bits per heavy atom. The minimum Gasteiger partial charge on any atom is -0.379 e. The molecule has 1 saturated heterocycles. The molecule has 3 aliphatic rings. The van der Waals surface area contributed by atoms with Crippen molar-refractivity contribution in [2.45, 2.75) is 38.6 Å². The molecular weight excluding hydrogens is 482 g/mol. The molecule has 7 heteroatoms. The number of guanidine groups is 1. The van der Waals surface area contributed by atoms with Gasteiger partial charge in [0.1, 0.15) is 5.82 Å². The summed E-state index contributed by atoms with van der Waals surface area (Å²) in [5.74, 6) is 1.62. The van der Waals surface area contributed by atoms with Crippen LogP contribution in [0.15, 0.2) is 29.3 Å². The Labute approximate surface area is 190 Å². The molecule has 1 atom stereocenters. The number of rotatable bonds is 8. The van der Waals surface area contributed by atoms with Crippen molar-refractivity contribution < 1.29 is 9.13 Å². The van der Waals surface area contributed by atoms with Gasteiger partial charge in [-0.05, 0) is 61.6 Å². The Hall–Kier alpha value is -0.930. The van der Waals surface area contributed by atoms with Gasteiger partial charge in [-0.15, -0.1) is 24.0 Å². The number of benzene rings is 1. The number of morpholine rings is 1. The smallest absolute Gasteiger partial charge is 0.191 e. The Balaban J connectivity index is 0.00000240. The number of hydrogen-bond donors (Lipinski definition) is 2. The van der Waals surface area contributed by atoms with E-state index in [2.05, 4.69) is 22.5 Å². The maximum Gasteiger partial charge on any atom is 0.191 e. The van der Waals surface area contributed by atoms with Crippen molar-refractivity contribution in [2.24, 2.45) is 16.3 Å². The molecule has 1 aliphatic heterocycles. The second-order valence-electron chi connectivity index (χ2n) is 8.43. The van der Waals surface area contributed by atoms with Gasteiger partial charge < -0.3 is 15.4 Å². The fourth-order valence-corrected chi connectivity index (χ4v) is 4.36. The standard InChI is InChI=1S/C22H33FN4O.HI/c1-2-24-21(26-16-22(9-10-22)18-5-6-18)25-15-20(27-11-13-28-14-12-27)17-3-7-19(23)8-4-17;/h3-4,7-8,18,20H,2,5-6,9-16H2,1H3,(H2,24,25,26);1H. The third-order valence-corrected chi connectivity index (χ3v) is 6.44. The molecule has 0 bridgehead atoms. The van der Waals surface area contributed by atoms with Crippen LogP contribution in [0.3, 0.4) is 0 Å². The van der Waals surface area contributed by atoms with Crippen LogP contribution in [-0.2, 0) is 4.74 Å². The van der Waals surface area contributed by atoms with E-state index < -0.39 is 0 Å². The average molecular weight is 516 g/mol. The molecule has 1 aromatic rings. The topological polar surface area (TPSA) is 48.9 Å². The number of hydrogen-bond acceptors (Lipinski definition) is 3. The molecule has 0 radical (unpaired) electrons. The molecular formula is C22H34FIN4O. The molecule has 5 nitrogen and oxygen atoms in total. The van der Waals surface area contributed by atoms with Crippen LogP contribution in [0.25, 0.3) is 0 Å². The third-order valence-electron chi connectivity index (χ3n) is 6.44. The molecule has 3 fully saturated rings. The van der Waals surface area contributed by atoms with Crippen molar-refractivity contribution in [2.75, 3.05) is 45.9 Å². The van der Waals surface area contributed by atoms with Gasteiger partial charge in [0, 0.05) is 32.7 Å². The van der Waals surface area contributed by atoms with Gasteiger partial charge in [0.25, 0.3) is 0 Å². The summed E-state index contributed by atoms with van der Waals surface area (Å²) in [5.41, 5.74) is 1.63. The maximum atomic E-state index is 13.4. The highest BCUT2D eigenvalue weighted by Gasteiger charge is 2.53. The van der Waals surface area contributed by atoms with Crippen molar-refractivity contribution in [1.29, 1.82) is 0 Å². The highest BCUT2D eigenvalue weighted by Crippen LogP contribution is 2.61. The molecule has 2 aliphatic carbocycles. The monoisotopic (exact) mass is 516 g/mol. The van der Waals surface area contributed by atoms with Crippen molar-refractivity contribution >= 4 is 29.9 Å². The van der Waals surface area contributed by atoms with Gasteiger partial charge in [0.2, 0.25) is 0 Å². The number of ether oxygens (including phenoxy) is 1. The zero-order valence-corrected chi connectivity index (χ0v) is 19.7. The molecule has 2 saturated carbocycles. The lowest BCUT2D eigenvalue weighted by Gasteiger charge is -2.35. The van der Waals surface area contributed by atoms with E-state index in [9.17, 15) is 4.39 Å². The Morgan fingerprint density at radius 1 is 1.21 bits per heavy atom. The average Bonchev–Trinajstić information content (AvgIpc) is 3.62. The number of nitrogens with one attached hydrogen (secondary N) is 2. The van der Waals surface area contributed by atoms with Gasteiger partial charge >= 0.3 is 0 Å². The second-order valence-corrected chi connectivity index (χ2v) is 8.43. The first kappa shape index (κ1) is 22.7. The third kappa shape index (κ3) is 6.04. The van der Waals surface area contributed by atoms with Crippen LogP contribution in [0.1, 0.15) is 44.2 Å². The van der Waals surface area contributed by atoms with Crippen LogP contribution in [0, 0.1) is 17.2 Å². The molecule has 2 N–H and O–H groups in total. The van der Waals surface area contributed by atoms with Crippen LogP contribution >= 0.6 is 24.0 Å². The summed E-state index contributed by atoms with van der Waals surface area (Å²) in [4.78, 5) is 7.34. The van der Waals surface area contributed by atoms with Gasteiger partial charge in [0.05, 0.1) is 19.3 Å². The lowest BCUT2D eigenvalue weighted by molar-refractivity contribution is 0.0170. The summed E-state index contributed by atoms with van der Waals surface area (Å²) in [6.07, 6.45) is 5.46. The normalized spacial score (nSPS) is 22.5. The van der Waals surface area contributed by atoms with Crippen LogP contribution in [-0.4, -0.2) is 56.8 Å². The SMILES string of the molecule is CCNC(=NCC1(C2CC2)CC1)NCC(c1ccc(F)cc1)N1CCOCC1.I. The largest absolute Gasteiger partial charge is 0.379 e. The van der Waals surface area contributed by atoms with Gasteiger partial charge in [-0.1, -0.05) is 12.1 Å². The van der Waals surface area contributed by atoms with E-state index in [1.807, 2.05) is 12.1 Å². The number of aliphatic imine (C=N–C) groups is 1. The quantitative estimate of drug-likeness (QED) is 0.315. The molecule has 0 spiro atoms. The zero-order chi connectivity index (χ0) is 19.4. The van der Waals surface area contributed by atoms with Gasteiger partial charge in [-0.2, -0.15) is 0 Å². The minimum absolute atomic E-state index is 0. The van der Waals surface area contributed by atoms with Crippen LogP contribution in [0.4, 0.5) is 4.39 Å². The first-order valence-corrected chi connectivity index (χ1v) is 10.8. The van der Waals surface area contributed by atoms with E-state index in [0.717, 1.165) is 63.4 Å². The molecule has 1 unspecified atom stereocenters. The fraction of sp³-hybridized carbons (Fsp3) is 0.682. The molecule has 1 heterocycles. The number of halogens is 2. The van der Waals surface area contributed by atoms with Crippen LogP contribution < -0.4 is 10.6 Å². The fourth-order valence-electron chi connectivity index (χ4n) is 4.36. The van der Waals surface area contributed by atoms with Crippen LogP contribution in [0.5, 0.6) is 0 Å². The predicted octanol–water partition coefficient (Wildman–Crippen LogP) is 3.56. The molecule has 1 aromatic carbocycles. The van der Waals surface area contributed by atoms with E-state index in [1.54, 1.807) is 12.1 Å². The van der Waals surface area contributed by atoms with Gasteiger partial charge in [-0.3, -0.25) is 9.89 Å². The van der Waals surface area contributed by atoms with Crippen molar-refractivity contribution in [3.63, 3.8) is 0 Å². The zero-order valence-electron chi connectivity index (χ0n) is 17.3. The van der Waals surface area contributed by atoms with E-state index >= 15 is 0 Å². The molecule has 0 amide bonds. The lowest BCUT2D eigenvalue weighted by atomic mass is 10.0. The Kier molecular flexibility index (Phi) is 8.15. The van der Waals surface area contributed by atoms with E-state index in [1.165, 1.54) is 25.7 Å². The highest BCUT2D eigenvalue weighted by atomic mass is 127. The maximum absolute atomic E-state index is 13.4. The van der Waals surface area contributed by atoms with E-state index in [-0.39, 0.29) is 35.8 Å². The van der Waals surface area contributed by atoms with E-state index in [4.69, 9.17) is 9.73 Å². The highest BCUT2D eigenvalue weighted by molar-refractivity contribution is 14.0. The Bertz CT molecular complexity index is 670. The van der Waals surface area contributed by atoms with Gasteiger partial charge in [-0.25, -0.2) is 4.39 Å². The lowest BCUT2D eigenvalue weighted by Crippen LogP contribution is -2.46. The molecule has 4 rings (SSSR count). The van der Waals surface area contributed by atoms with Crippen LogP contribution in [0.2, 0.25) is 0 Å². The van der Waals surface area contributed by atoms with E-state index in [0.29, 0.717) is 5.41 Å². The minimum atomic E-state index is -0.192.